The van der Waals surface area contributed by atoms with Crippen molar-refractivity contribution in [1.29, 1.82) is 0 Å². The van der Waals surface area contributed by atoms with E-state index in [1.54, 1.807) is 6.07 Å². The third kappa shape index (κ3) is 3.71. The summed E-state index contributed by atoms with van der Waals surface area (Å²) in [6.45, 7) is 0.225. The summed E-state index contributed by atoms with van der Waals surface area (Å²) >= 11 is 7.90. The molecule has 0 aliphatic carbocycles. The van der Waals surface area contributed by atoms with E-state index in [9.17, 15) is 0 Å². The minimum Gasteiger partial charge on any atom is -0.454 e. The van der Waals surface area contributed by atoms with Gasteiger partial charge in [0.05, 0.1) is 0 Å². The molecule has 0 spiro atoms. The number of halogens is 1. The average molecular weight is 422 g/mol. The summed E-state index contributed by atoms with van der Waals surface area (Å²) in [4.78, 5) is 4.77. The number of oxazole rings is 1. The molecule has 0 saturated carbocycles. The van der Waals surface area contributed by atoms with Gasteiger partial charge in [0.25, 0.3) is 5.22 Å². The van der Waals surface area contributed by atoms with Crippen LogP contribution >= 0.6 is 23.4 Å². The SMILES string of the molecule is Clc1cc2c(cc1CSc1nc(-c3ccccc3)c(-c3ccccc3)o1)OCO2. The van der Waals surface area contributed by atoms with E-state index < -0.39 is 0 Å². The number of aromatic nitrogens is 1. The highest BCUT2D eigenvalue weighted by Crippen LogP contribution is 2.40. The maximum absolute atomic E-state index is 6.40. The molecule has 0 bridgehead atoms. The molecular formula is C23H16ClNO3S. The molecule has 5 rings (SSSR count). The minimum absolute atomic E-state index is 0.225. The average Bonchev–Trinajstić information content (AvgIpc) is 3.40. The largest absolute Gasteiger partial charge is 0.454 e. The summed E-state index contributed by atoms with van der Waals surface area (Å²) < 4.78 is 17.0. The number of benzene rings is 3. The summed E-state index contributed by atoms with van der Waals surface area (Å²) in [5, 5.41) is 1.23. The maximum Gasteiger partial charge on any atom is 0.257 e. The van der Waals surface area contributed by atoms with Gasteiger partial charge < -0.3 is 13.9 Å². The molecule has 0 radical (unpaired) electrons. The lowest BCUT2D eigenvalue weighted by Crippen LogP contribution is -1.92. The Kier molecular flexibility index (Phi) is 4.92. The number of hydrogen-bond acceptors (Lipinski definition) is 5. The Morgan fingerprint density at radius 3 is 2.24 bits per heavy atom. The Hall–Kier alpha value is -2.89. The van der Waals surface area contributed by atoms with Crippen LogP contribution in [0.3, 0.4) is 0 Å². The molecule has 4 nitrogen and oxygen atoms in total. The smallest absolute Gasteiger partial charge is 0.257 e. The second kappa shape index (κ2) is 7.85. The first-order valence-electron chi connectivity index (χ1n) is 9.10. The van der Waals surface area contributed by atoms with Crippen molar-refractivity contribution in [2.75, 3.05) is 6.79 Å². The zero-order chi connectivity index (χ0) is 19.6. The molecule has 0 amide bonds. The summed E-state index contributed by atoms with van der Waals surface area (Å²) in [6.07, 6.45) is 0. The van der Waals surface area contributed by atoms with Gasteiger partial charge >= 0.3 is 0 Å². The van der Waals surface area contributed by atoms with E-state index in [2.05, 4.69) is 0 Å². The molecule has 0 fully saturated rings. The van der Waals surface area contributed by atoms with Gasteiger partial charge in [0.1, 0.15) is 5.69 Å². The summed E-state index contributed by atoms with van der Waals surface area (Å²) in [6, 6.07) is 23.8. The van der Waals surface area contributed by atoms with Crippen molar-refractivity contribution >= 4 is 23.4 Å². The van der Waals surface area contributed by atoms with E-state index in [4.69, 9.17) is 30.5 Å². The molecule has 2 heterocycles. The maximum atomic E-state index is 6.40. The molecule has 0 N–H and O–H groups in total. The van der Waals surface area contributed by atoms with Crippen LogP contribution in [0.15, 0.2) is 82.4 Å². The minimum atomic E-state index is 0.225. The topological polar surface area (TPSA) is 44.5 Å². The van der Waals surface area contributed by atoms with E-state index in [0.29, 0.717) is 27.5 Å². The van der Waals surface area contributed by atoms with Gasteiger partial charge in [-0.2, -0.15) is 0 Å². The molecule has 0 saturated heterocycles. The number of fused-ring (bicyclic) bond motifs is 1. The Morgan fingerprint density at radius 1 is 0.862 bits per heavy atom. The van der Waals surface area contributed by atoms with Crippen LogP contribution in [0.2, 0.25) is 5.02 Å². The predicted octanol–water partition coefficient (Wildman–Crippen LogP) is 6.68. The Morgan fingerprint density at radius 2 is 1.52 bits per heavy atom. The standard InChI is InChI=1S/C23H16ClNO3S/c24-18-12-20-19(26-14-27-20)11-17(18)13-29-23-25-21(15-7-3-1-4-8-15)22(28-23)16-9-5-2-6-10-16/h1-12H,13-14H2. The lowest BCUT2D eigenvalue weighted by atomic mass is 10.1. The van der Waals surface area contributed by atoms with Crippen molar-refractivity contribution in [3.05, 3.63) is 83.4 Å². The highest BCUT2D eigenvalue weighted by atomic mass is 35.5. The fourth-order valence-corrected chi connectivity index (χ4v) is 4.26. The number of nitrogens with zero attached hydrogens (tertiary/aromatic N) is 1. The molecule has 1 aliphatic rings. The third-order valence-electron chi connectivity index (χ3n) is 4.58. The van der Waals surface area contributed by atoms with Crippen molar-refractivity contribution in [3.8, 4) is 34.1 Å². The molecule has 3 aromatic carbocycles. The van der Waals surface area contributed by atoms with Crippen LogP contribution in [0.1, 0.15) is 5.56 Å². The van der Waals surface area contributed by atoms with Crippen molar-refractivity contribution in [2.24, 2.45) is 0 Å². The molecule has 1 aromatic heterocycles. The highest BCUT2D eigenvalue weighted by Gasteiger charge is 2.19. The van der Waals surface area contributed by atoms with Crippen molar-refractivity contribution in [1.82, 2.24) is 4.98 Å². The molecule has 0 atom stereocenters. The summed E-state index contributed by atoms with van der Waals surface area (Å²) in [7, 11) is 0. The van der Waals surface area contributed by atoms with Crippen molar-refractivity contribution < 1.29 is 13.9 Å². The van der Waals surface area contributed by atoms with E-state index in [-0.39, 0.29) is 6.79 Å². The van der Waals surface area contributed by atoms with Crippen LogP contribution in [-0.4, -0.2) is 11.8 Å². The van der Waals surface area contributed by atoms with Gasteiger partial charge in [0, 0.05) is 28.0 Å². The van der Waals surface area contributed by atoms with Gasteiger partial charge in [-0.3, -0.25) is 0 Å². The second-order valence-corrected chi connectivity index (χ2v) is 7.81. The normalized spacial score (nSPS) is 12.3. The van der Waals surface area contributed by atoms with Gasteiger partial charge in [-0.15, -0.1) is 0 Å². The van der Waals surface area contributed by atoms with Gasteiger partial charge in [0.2, 0.25) is 6.79 Å². The van der Waals surface area contributed by atoms with Crippen LogP contribution in [0.4, 0.5) is 0 Å². The fraction of sp³-hybridized carbons (Fsp3) is 0.0870. The van der Waals surface area contributed by atoms with Crippen LogP contribution in [0.25, 0.3) is 22.6 Å². The van der Waals surface area contributed by atoms with Gasteiger partial charge in [-0.25, -0.2) is 4.98 Å². The number of thioether (sulfide) groups is 1. The molecule has 1 aliphatic heterocycles. The van der Waals surface area contributed by atoms with Gasteiger partial charge in [-0.1, -0.05) is 84.0 Å². The van der Waals surface area contributed by atoms with E-state index in [1.165, 1.54) is 11.8 Å². The number of ether oxygens (including phenoxy) is 2. The zero-order valence-electron chi connectivity index (χ0n) is 15.3. The summed E-state index contributed by atoms with van der Waals surface area (Å²) in [5.41, 5.74) is 3.78. The van der Waals surface area contributed by atoms with E-state index >= 15 is 0 Å². The first-order valence-corrected chi connectivity index (χ1v) is 10.5. The Labute approximate surface area is 177 Å². The van der Waals surface area contributed by atoms with Crippen LogP contribution in [-0.2, 0) is 5.75 Å². The molecule has 0 unspecified atom stereocenters. The van der Waals surface area contributed by atoms with Crippen LogP contribution < -0.4 is 9.47 Å². The summed E-state index contributed by atoms with van der Waals surface area (Å²) in [5.74, 6) is 2.76. The van der Waals surface area contributed by atoms with Crippen molar-refractivity contribution in [2.45, 2.75) is 11.0 Å². The molecular weight excluding hydrogens is 406 g/mol. The Bertz CT molecular complexity index is 1090. The van der Waals surface area contributed by atoms with Crippen LogP contribution in [0, 0.1) is 0 Å². The quantitative estimate of drug-likeness (QED) is 0.336. The van der Waals surface area contributed by atoms with Gasteiger partial charge in [-0.05, 0) is 11.6 Å². The molecule has 29 heavy (non-hydrogen) atoms. The monoisotopic (exact) mass is 421 g/mol. The third-order valence-corrected chi connectivity index (χ3v) is 5.81. The molecule has 6 heteroatoms. The predicted molar refractivity (Wildman–Crippen MR) is 115 cm³/mol. The van der Waals surface area contributed by atoms with Crippen molar-refractivity contribution in [3.63, 3.8) is 0 Å². The lowest BCUT2D eigenvalue weighted by Gasteiger charge is -2.04. The zero-order valence-corrected chi connectivity index (χ0v) is 16.9. The van der Waals surface area contributed by atoms with Crippen LogP contribution in [0.5, 0.6) is 11.5 Å². The second-order valence-electron chi connectivity index (χ2n) is 6.48. The fourth-order valence-electron chi connectivity index (χ4n) is 3.15. The first-order chi connectivity index (χ1) is 14.3. The Balaban J connectivity index is 1.46. The lowest BCUT2D eigenvalue weighted by molar-refractivity contribution is 0.174. The number of hydrogen-bond donors (Lipinski definition) is 0. The molecule has 4 aromatic rings. The number of rotatable bonds is 5. The van der Waals surface area contributed by atoms with E-state index in [1.807, 2.05) is 66.7 Å². The highest BCUT2D eigenvalue weighted by molar-refractivity contribution is 7.98. The first kappa shape index (κ1) is 18.2. The van der Waals surface area contributed by atoms with E-state index in [0.717, 1.165) is 28.1 Å². The molecule has 144 valence electrons. The van der Waals surface area contributed by atoms with Gasteiger partial charge in [0.15, 0.2) is 17.3 Å².